The van der Waals surface area contributed by atoms with Crippen LogP contribution in [0.15, 0.2) is 48.1 Å². The first-order valence-electron chi connectivity index (χ1n) is 11.3. The Balaban J connectivity index is 1.62. The van der Waals surface area contributed by atoms with Crippen LogP contribution in [0.5, 0.6) is 0 Å². The molecule has 3 rings (SSSR count). The first kappa shape index (κ1) is 25.0. The molecule has 5 nitrogen and oxygen atoms in total. The average Bonchev–Trinajstić information content (AvgIpc) is 2.79. The second kappa shape index (κ2) is 9.71. The lowest BCUT2D eigenvalue weighted by Gasteiger charge is -2.38. The summed E-state index contributed by atoms with van der Waals surface area (Å²) >= 11 is 0. The van der Waals surface area contributed by atoms with E-state index in [9.17, 15) is 27.9 Å². The number of nitrogens with two attached hydrogens (primary N) is 1. The molecule has 1 fully saturated rings. The molecule has 0 spiro atoms. The quantitative estimate of drug-likeness (QED) is 0.652. The van der Waals surface area contributed by atoms with Crippen molar-refractivity contribution in [3.8, 4) is 0 Å². The van der Waals surface area contributed by atoms with Crippen LogP contribution in [0.25, 0.3) is 0 Å². The molecule has 1 aromatic carbocycles. The Hall–Kier alpha value is -2.61. The molecule has 0 heterocycles. The molecular formula is C25H31F3N2O3. The summed E-state index contributed by atoms with van der Waals surface area (Å²) < 4.78 is 39.2. The molecular weight excluding hydrogens is 433 g/mol. The molecule has 3 N–H and O–H groups in total. The lowest BCUT2D eigenvalue weighted by Crippen LogP contribution is -2.43. The average molecular weight is 465 g/mol. The van der Waals surface area contributed by atoms with E-state index in [1.165, 1.54) is 12.1 Å². The Labute approximate surface area is 192 Å². The third-order valence-corrected chi connectivity index (χ3v) is 7.05. The third-order valence-electron chi connectivity index (χ3n) is 7.05. The zero-order valence-electron chi connectivity index (χ0n) is 18.9. The van der Waals surface area contributed by atoms with E-state index in [1.54, 1.807) is 11.0 Å². The second-order valence-electron chi connectivity index (χ2n) is 9.09. The van der Waals surface area contributed by atoms with Gasteiger partial charge in [-0.05, 0) is 75.5 Å². The topological polar surface area (TPSA) is 83.6 Å². The van der Waals surface area contributed by atoms with Gasteiger partial charge in [-0.25, -0.2) is 0 Å². The number of hydrogen-bond donors (Lipinski definition) is 2. The first-order valence-corrected chi connectivity index (χ1v) is 11.3. The monoisotopic (exact) mass is 464 g/mol. The number of carbonyl (C=O) groups excluding carboxylic acids is 2. The molecule has 8 heteroatoms. The molecule has 0 unspecified atom stereocenters. The minimum absolute atomic E-state index is 0.0704. The molecule has 2 aliphatic rings. The Bertz CT molecular complexity index is 927. The van der Waals surface area contributed by atoms with Crippen LogP contribution in [0, 0.1) is 11.8 Å². The number of aliphatic hydroxyl groups is 1. The fraction of sp³-hybridized carbons (Fsp3) is 0.520. The summed E-state index contributed by atoms with van der Waals surface area (Å²) in [7, 11) is 0. The van der Waals surface area contributed by atoms with Crippen molar-refractivity contribution in [3.05, 3.63) is 59.2 Å². The highest BCUT2D eigenvalue weighted by Crippen LogP contribution is 2.39. The van der Waals surface area contributed by atoms with Gasteiger partial charge in [-0.1, -0.05) is 30.4 Å². The Morgan fingerprint density at radius 3 is 2.18 bits per heavy atom. The summed E-state index contributed by atoms with van der Waals surface area (Å²) in [4.78, 5) is 26.2. The van der Waals surface area contributed by atoms with Gasteiger partial charge in [0, 0.05) is 23.7 Å². The molecule has 0 bridgehead atoms. The minimum Gasteiger partial charge on any atom is -0.376 e. The summed E-state index contributed by atoms with van der Waals surface area (Å²) in [5.74, 6) is 0.195. The molecule has 0 radical (unpaired) electrons. The van der Waals surface area contributed by atoms with Crippen LogP contribution in [0.4, 0.5) is 13.2 Å². The number of amides is 2. The van der Waals surface area contributed by atoms with Gasteiger partial charge in [-0.15, -0.1) is 0 Å². The predicted molar refractivity (Wildman–Crippen MR) is 119 cm³/mol. The molecule has 2 amide bonds. The van der Waals surface area contributed by atoms with E-state index in [0.717, 1.165) is 44.2 Å². The van der Waals surface area contributed by atoms with Crippen molar-refractivity contribution in [1.29, 1.82) is 0 Å². The Kier molecular flexibility index (Phi) is 7.36. The molecule has 0 saturated heterocycles. The van der Waals surface area contributed by atoms with Crippen molar-refractivity contribution >= 4 is 11.8 Å². The zero-order valence-corrected chi connectivity index (χ0v) is 18.9. The van der Waals surface area contributed by atoms with Crippen molar-refractivity contribution in [2.75, 3.05) is 6.54 Å². The Morgan fingerprint density at radius 1 is 1.12 bits per heavy atom. The van der Waals surface area contributed by atoms with Crippen LogP contribution in [0.3, 0.4) is 0 Å². The van der Waals surface area contributed by atoms with Crippen LogP contribution in [0.2, 0.25) is 0 Å². The van der Waals surface area contributed by atoms with Crippen molar-refractivity contribution in [1.82, 2.24) is 4.90 Å². The van der Waals surface area contributed by atoms with E-state index in [-0.39, 0.29) is 17.5 Å². The minimum atomic E-state index is -4.81. The van der Waals surface area contributed by atoms with E-state index in [0.29, 0.717) is 36.4 Å². The molecule has 1 saturated carbocycles. The number of benzene rings is 1. The molecule has 0 aliphatic heterocycles. The predicted octanol–water partition coefficient (Wildman–Crippen LogP) is 4.47. The van der Waals surface area contributed by atoms with Gasteiger partial charge in [-0.2, -0.15) is 13.2 Å². The van der Waals surface area contributed by atoms with Gasteiger partial charge < -0.3 is 15.7 Å². The smallest absolute Gasteiger partial charge is 0.376 e. The van der Waals surface area contributed by atoms with E-state index < -0.39 is 17.7 Å². The standard InChI is InChI=1S/C25H31F3N2O3/c1-3-30(23(32)19-8-12-20(13-9-19)24(2,33)25(26,27)28)21-14-10-17(11-15-21)16-4-6-18(7-5-16)22(29)31/h4,6-9,12-13,16-17,21,33H,3,5,10-11,14-15H2,1-2H3,(H2,29,31)/t16-,17?,21?,24+/m1/s1. The summed E-state index contributed by atoms with van der Waals surface area (Å²) in [6.45, 7) is 3.10. The Morgan fingerprint density at radius 2 is 1.73 bits per heavy atom. The van der Waals surface area contributed by atoms with Crippen LogP contribution in [-0.4, -0.2) is 40.6 Å². The molecule has 33 heavy (non-hydrogen) atoms. The first-order chi connectivity index (χ1) is 15.5. The number of nitrogens with zero attached hydrogens (tertiary/aromatic N) is 1. The summed E-state index contributed by atoms with van der Waals surface area (Å²) in [6, 6.07) is 5.09. The highest BCUT2D eigenvalue weighted by atomic mass is 19.4. The molecule has 1 aromatic rings. The van der Waals surface area contributed by atoms with Gasteiger partial charge in [0.05, 0.1) is 0 Å². The molecule has 2 aliphatic carbocycles. The van der Waals surface area contributed by atoms with Crippen LogP contribution < -0.4 is 5.73 Å². The highest BCUT2D eigenvalue weighted by molar-refractivity contribution is 5.95. The van der Waals surface area contributed by atoms with Crippen molar-refractivity contribution in [2.24, 2.45) is 17.6 Å². The van der Waals surface area contributed by atoms with Gasteiger partial charge in [0.15, 0.2) is 5.60 Å². The lowest BCUT2D eigenvalue weighted by molar-refractivity contribution is -0.258. The summed E-state index contributed by atoms with van der Waals surface area (Å²) in [6.07, 6.45) is 5.33. The van der Waals surface area contributed by atoms with Gasteiger partial charge in [-0.3, -0.25) is 9.59 Å². The van der Waals surface area contributed by atoms with Crippen LogP contribution >= 0.6 is 0 Å². The lowest BCUT2D eigenvalue weighted by atomic mass is 9.75. The maximum absolute atomic E-state index is 13.1. The highest BCUT2D eigenvalue weighted by Gasteiger charge is 2.51. The number of carbonyl (C=O) groups is 2. The van der Waals surface area contributed by atoms with E-state index in [1.807, 2.05) is 13.0 Å². The van der Waals surface area contributed by atoms with Crippen molar-refractivity contribution < 1.29 is 27.9 Å². The van der Waals surface area contributed by atoms with E-state index in [2.05, 4.69) is 6.08 Å². The molecule has 180 valence electrons. The van der Waals surface area contributed by atoms with Crippen molar-refractivity contribution in [3.63, 3.8) is 0 Å². The number of halogens is 3. The molecule has 0 aromatic heterocycles. The number of primary amides is 1. The largest absolute Gasteiger partial charge is 0.421 e. The fourth-order valence-corrected chi connectivity index (χ4v) is 4.85. The fourth-order valence-electron chi connectivity index (χ4n) is 4.85. The number of alkyl halides is 3. The van der Waals surface area contributed by atoms with Gasteiger partial charge in [0.2, 0.25) is 5.91 Å². The third kappa shape index (κ3) is 5.32. The van der Waals surface area contributed by atoms with E-state index >= 15 is 0 Å². The summed E-state index contributed by atoms with van der Waals surface area (Å²) in [5.41, 5.74) is 2.90. The van der Waals surface area contributed by atoms with Crippen LogP contribution in [0.1, 0.15) is 61.9 Å². The van der Waals surface area contributed by atoms with Gasteiger partial charge >= 0.3 is 6.18 Å². The normalized spacial score (nSPS) is 25.2. The van der Waals surface area contributed by atoms with Crippen molar-refractivity contribution in [2.45, 2.75) is 63.8 Å². The van der Waals surface area contributed by atoms with Crippen LogP contribution in [-0.2, 0) is 10.4 Å². The van der Waals surface area contributed by atoms with Gasteiger partial charge in [0.25, 0.3) is 5.91 Å². The second-order valence-corrected chi connectivity index (χ2v) is 9.09. The molecule has 2 atom stereocenters. The number of allylic oxidation sites excluding steroid dienone is 2. The maximum atomic E-state index is 13.1. The summed E-state index contributed by atoms with van der Waals surface area (Å²) in [5, 5.41) is 9.83. The maximum Gasteiger partial charge on any atom is 0.421 e. The SMILES string of the molecule is CCN(C(=O)c1ccc([C@](C)(O)C(F)(F)F)cc1)C1CCC([C@@H]2C=CC(C(N)=O)=CC2)CC1. The number of hydrogen-bond acceptors (Lipinski definition) is 3. The van der Waals surface area contributed by atoms with E-state index in [4.69, 9.17) is 5.73 Å². The zero-order chi connectivity index (χ0) is 24.4. The number of rotatable bonds is 6. The van der Waals surface area contributed by atoms with Gasteiger partial charge in [0.1, 0.15) is 0 Å².